The van der Waals surface area contributed by atoms with Crippen molar-refractivity contribution < 1.29 is 4.39 Å². The maximum absolute atomic E-state index is 13.4. The van der Waals surface area contributed by atoms with Crippen molar-refractivity contribution in [3.8, 4) is 0 Å². The van der Waals surface area contributed by atoms with Gasteiger partial charge in [0.05, 0.1) is 15.5 Å². The Morgan fingerprint density at radius 3 is 2.78 bits per heavy atom. The van der Waals surface area contributed by atoms with Crippen LogP contribution in [-0.2, 0) is 6.54 Å². The molecule has 0 aliphatic heterocycles. The smallest absolute Gasteiger partial charge is 0.201 e. The summed E-state index contributed by atoms with van der Waals surface area (Å²) in [4.78, 5) is 6.29. The minimum Gasteiger partial charge on any atom is -0.369 e. The van der Waals surface area contributed by atoms with Crippen LogP contribution in [0.4, 0.5) is 10.3 Å². The lowest BCUT2D eigenvalue weighted by molar-refractivity contribution is 0.287. The Morgan fingerprint density at radius 2 is 2.17 bits per heavy atom. The normalized spacial score (nSPS) is 13.4. The van der Waals surface area contributed by atoms with E-state index in [0.29, 0.717) is 28.5 Å². The van der Waals surface area contributed by atoms with Crippen LogP contribution in [0.1, 0.15) is 6.92 Å². The van der Waals surface area contributed by atoms with Crippen LogP contribution in [0.15, 0.2) is 16.6 Å². The molecule has 0 aliphatic carbocycles. The molecule has 0 saturated heterocycles. The zero-order valence-corrected chi connectivity index (χ0v) is 12.2. The minimum atomic E-state index is -0.326. The van der Waals surface area contributed by atoms with Crippen molar-refractivity contribution in [2.45, 2.75) is 19.5 Å². The summed E-state index contributed by atoms with van der Waals surface area (Å²) < 4.78 is 15.8. The molecule has 0 spiro atoms. The van der Waals surface area contributed by atoms with Crippen LogP contribution in [0.25, 0.3) is 11.0 Å². The molecule has 2 aromatic rings. The molecular weight excluding hydrogens is 299 g/mol. The maximum Gasteiger partial charge on any atom is 0.201 e. The molecule has 4 nitrogen and oxygen atoms in total. The highest BCUT2D eigenvalue weighted by molar-refractivity contribution is 9.10. The number of halogens is 2. The third kappa shape index (κ3) is 2.35. The largest absolute Gasteiger partial charge is 0.369 e. The molecule has 2 rings (SSSR count). The number of nitrogens with zero attached hydrogens (tertiary/aromatic N) is 3. The minimum absolute atomic E-state index is 0.313. The van der Waals surface area contributed by atoms with Crippen molar-refractivity contribution in [2.75, 3.05) is 19.8 Å². The zero-order valence-electron chi connectivity index (χ0n) is 10.6. The summed E-state index contributed by atoms with van der Waals surface area (Å²) in [6, 6.07) is 3.43. The number of fused-ring (bicyclic) bond motifs is 1. The predicted molar refractivity (Wildman–Crippen MR) is 75.0 cm³/mol. The average molecular weight is 315 g/mol. The number of nitrogen functional groups attached to an aromatic ring is 1. The molecule has 6 heteroatoms. The van der Waals surface area contributed by atoms with Gasteiger partial charge >= 0.3 is 0 Å². The van der Waals surface area contributed by atoms with Crippen LogP contribution in [0.5, 0.6) is 0 Å². The van der Waals surface area contributed by atoms with E-state index in [1.54, 1.807) is 6.07 Å². The monoisotopic (exact) mass is 314 g/mol. The van der Waals surface area contributed by atoms with Crippen LogP contribution in [0.3, 0.4) is 0 Å². The van der Waals surface area contributed by atoms with E-state index in [4.69, 9.17) is 5.73 Å². The summed E-state index contributed by atoms with van der Waals surface area (Å²) in [5, 5.41) is 0. The van der Waals surface area contributed by atoms with Gasteiger partial charge in [-0.2, -0.15) is 0 Å². The number of hydrogen-bond donors (Lipinski definition) is 1. The van der Waals surface area contributed by atoms with Gasteiger partial charge in [-0.25, -0.2) is 9.37 Å². The first-order chi connectivity index (χ1) is 8.40. The molecule has 2 N–H and O–H groups in total. The van der Waals surface area contributed by atoms with Crippen molar-refractivity contribution in [1.82, 2.24) is 14.5 Å². The number of nitrogens with two attached hydrogens (primary N) is 1. The van der Waals surface area contributed by atoms with E-state index in [1.807, 2.05) is 18.7 Å². The topological polar surface area (TPSA) is 47.1 Å². The highest BCUT2D eigenvalue weighted by Crippen LogP contribution is 2.25. The first-order valence-electron chi connectivity index (χ1n) is 5.67. The quantitative estimate of drug-likeness (QED) is 0.946. The van der Waals surface area contributed by atoms with Crippen molar-refractivity contribution in [3.63, 3.8) is 0 Å². The fourth-order valence-corrected chi connectivity index (χ4v) is 2.09. The van der Waals surface area contributed by atoms with E-state index < -0.39 is 0 Å². The molecule has 1 atom stereocenters. The third-order valence-electron chi connectivity index (χ3n) is 3.15. The SMILES string of the molecule is CC(Cn1c(N)nc2cc(F)c(Br)cc21)N(C)C. The van der Waals surface area contributed by atoms with Gasteiger partial charge in [0.1, 0.15) is 5.82 Å². The van der Waals surface area contributed by atoms with Crippen molar-refractivity contribution in [3.05, 3.63) is 22.4 Å². The standard InChI is InChI=1S/C12H16BrFN4/c1-7(17(2)3)6-18-11-4-8(13)9(14)5-10(11)16-12(18)15/h4-5,7H,6H2,1-3H3,(H2,15,16). The molecule has 0 fully saturated rings. The first-order valence-corrected chi connectivity index (χ1v) is 6.46. The number of rotatable bonds is 3. The van der Waals surface area contributed by atoms with Gasteiger partial charge in [0, 0.05) is 18.7 Å². The molecular formula is C12H16BrFN4. The van der Waals surface area contributed by atoms with Crippen LogP contribution in [-0.4, -0.2) is 34.6 Å². The van der Waals surface area contributed by atoms with Crippen LogP contribution in [0, 0.1) is 5.82 Å². The highest BCUT2D eigenvalue weighted by atomic mass is 79.9. The van der Waals surface area contributed by atoms with Crippen LogP contribution in [0.2, 0.25) is 0 Å². The van der Waals surface area contributed by atoms with E-state index >= 15 is 0 Å². The lowest BCUT2D eigenvalue weighted by Crippen LogP contribution is -2.29. The summed E-state index contributed by atoms with van der Waals surface area (Å²) in [5.74, 6) is 0.0870. The second kappa shape index (κ2) is 4.85. The molecule has 0 radical (unpaired) electrons. The summed E-state index contributed by atoms with van der Waals surface area (Å²) in [7, 11) is 4.02. The van der Waals surface area contributed by atoms with E-state index in [1.165, 1.54) is 6.07 Å². The Morgan fingerprint density at radius 1 is 1.50 bits per heavy atom. The van der Waals surface area contributed by atoms with Gasteiger partial charge in [-0.05, 0) is 43.0 Å². The van der Waals surface area contributed by atoms with E-state index in [0.717, 1.165) is 5.52 Å². The predicted octanol–water partition coefficient (Wildman–Crippen LogP) is 2.47. The first kappa shape index (κ1) is 13.3. The Hall–Kier alpha value is -1.14. The molecule has 98 valence electrons. The average Bonchev–Trinajstić information content (AvgIpc) is 2.56. The fraction of sp³-hybridized carbons (Fsp3) is 0.417. The Labute approximate surface area is 114 Å². The van der Waals surface area contributed by atoms with Crippen molar-refractivity contribution >= 4 is 32.9 Å². The lowest BCUT2D eigenvalue weighted by atomic mass is 10.2. The van der Waals surface area contributed by atoms with Gasteiger partial charge in [-0.3, -0.25) is 0 Å². The molecule has 0 aliphatic rings. The highest BCUT2D eigenvalue weighted by Gasteiger charge is 2.14. The summed E-state index contributed by atoms with van der Waals surface area (Å²) in [6.45, 7) is 2.82. The summed E-state index contributed by atoms with van der Waals surface area (Å²) in [5.41, 5.74) is 7.32. The number of hydrogen-bond acceptors (Lipinski definition) is 3. The van der Waals surface area contributed by atoms with Gasteiger partial charge in [-0.15, -0.1) is 0 Å². The van der Waals surface area contributed by atoms with E-state index in [2.05, 4.69) is 32.7 Å². The van der Waals surface area contributed by atoms with Gasteiger partial charge < -0.3 is 15.2 Å². The van der Waals surface area contributed by atoms with Crippen molar-refractivity contribution in [2.24, 2.45) is 0 Å². The summed E-state index contributed by atoms with van der Waals surface area (Å²) in [6.07, 6.45) is 0. The Bertz CT molecular complexity index is 579. The fourth-order valence-electron chi connectivity index (χ4n) is 1.76. The number of benzene rings is 1. The molecule has 1 unspecified atom stereocenters. The molecule has 1 aromatic heterocycles. The molecule has 1 heterocycles. The van der Waals surface area contributed by atoms with E-state index in [-0.39, 0.29) is 5.82 Å². The number of imidazole rings is 1. The second-order valence-corrected chi connectivity index (χ2v) is 5.50. The molecule has 18 heavy (non-hydrogen) atoms. The van der Waals surface area contributed by atoms with Gasteiger partial charge in [0.15, 0.2) is 0 Å². The summed E-state index contributed by atoms with van der Waals surface area (Å²) >= 11 is 3.19. The van der Waals surface area contributed by atoms with Crippen molar-refractivity contribution in [1.29, 1.82) is 0 Å². The molecule has 0 saturated carbocycles. The lowest BCUT2D eigenvalue weighted by Gasteiger charge is -2.21. The van der Waals surface area contributed by atoms with Crippen LogP contribution < -0.4 is 5.73 Å². The number of aromatic nitrogens is 2. The molecule has 0 bridgehead atoms. The number of anilines is 1. The molecule has 1 aromatic carbocycles. The zero-order chi connectivity index (χ0) is 13.4. The Balaban J connectivity index is 2.50. The third-order valence-corrected chi connectivity index (χ3v) is 3.76. The second-order valence-electron chi connectivity index (χ2n) is 4.65. The van der Waals surface area contributed by atoms with Gasteiger partial charge in [0.2, 0.25) is 5.95 Å². The van der Waals surface area contributed by atoms with Gasteiger partial charge in [-0.1, -0.05) is 0 Å². The molecule has 0 amide bonds. The van der Waals surface area contributed by atoms with Crippen LogP contribution >= 0.6 is 15.9 Å². The van der Waals surface area contributed by atoms with E-state index in [9.17, 15) is 4.39 Å². The Kier molecular flexibility index (Phi) is 3.59. The number of likely N-dealkylation sites (N-methyl/N-ethyl adjacent to an activating group) is 1. The maximum atomic E-state index is 13.4. The van der Waals surface area contributed by atoms with Gasteiger partial charge in [0.25, 0.3) is 0 Å².